The van der Waals surface area contributed by atoms with Crippen LogP contribution in [0, 0.1) is 0 Å². The molecule has 0 aliphatic heterocycles. The van der Waals surface area contributed by atoms with Crippen molar-refractivity contribution in [1.29, 1.82) is 0 Å². The Hall–Kier alpha value is -0.00169. The van der Waals surface area contributed by atoms with Gasteiger partial charge in [0.2, 0.25) is 0 Å². The second-order valence-corrected chi connectivity index (χ2v) is 5.16. The molecule has 0 aromatic heterocycles. The summed E-state index contributed by atoms with van der Waals surface area (Å²) in [4.78, 5) is 0. The van der Waals surface area contributed by atoms with Crippen molar-refractivity contribution in [2.75, 3.05) is 0 Å². The number of rotatable bonds is 9. The minimum Gasteiger partial charge on any atom is -0.147 e. The van der Waals surface area contributed by atoms with Gasteiger partial charge in [-0.25, -0.2) is 0 Å². The minimum atomic E-state index is 0. The zero-order chi connectivity index (χ0) is 12.3. The van der Waals surface area contributed by atoms with Crippen LogP contribution in [0.2, 0.25) is 0 Å². The molecule has 0 spiro atoms. The summed E-state index contributed by atoms with van der Waals surface area (Å²) in [5, 5.41) is 0. The zero-order valence-electron chi connectivity index (χ0n) is 11.2. The van der Waals surface area contributed by atoms with Gasteiger partial charge < -0.3 is 0 Å². The number of unbranched alkanes of at least 4 members (excludes halogenated alkanes) is 6. The fraction of sp³-hybridized carbons (Fsp3) is 0.600. The molecule has 0 aliphatic carbocycles. The van der Waals surface area contributed by atoms with E-state index in [1.165, 1.54) is 70.7 Å². The smallest absolute Gasteiger partial charge is 0.147 e. The molecular weight excluding hydrogens is 415 g/mol. The van der Waals surface area contributed by atoms with Crippen molar-refractivity contribution in [2.24, 2.45) is 0 Å². The topological polar surface area (TPSA) is 9.23 Å². The molecule has 1 rings (SSSR count). The van der Waals surface area contributed by atoms with Crippen LogP contribution in [0.25, 0.3) is 0 Å². The van der Waals surface area contributed by atoms with Gasteiger partial charge in [-0.15, -0.1) is 12.4 Å². The molecule has 0 radical (unpaired) electrons. The summed E-state index contributed by atoms with van der Waals surface area (Å²) < 4.78 is 5.44. The molecule has 1 aromatic rings. The molecule has 3 heteroatoms. The third-order valence-corrected chi connectivity index (χ3v) is 3.76. The van der Waals surface area contributed by atoms with Crippen LogP contribution in [0.3, 0.4) is 0 Å². The number of para-hydroxylation sites is 1. The van der Waals surface area contributed by atoms with E-state index in [-0.39, 0.29) is 12.4 Å². The fourth-order valence-corrected chi connectivity index (χ4v) is 2.65. The van der Waals surface area contributed by atoms with E-state index >= 15 is 0 Å². The maximum atomic E-state index is 5.44. The molecule has 0 bridgehead atoms. The van der Waals surface area contributed by atoms with Gasteiger partial charge in [-0.05, 0) is 0 Å². The van der Waals surface area contributed by atoms with Crippen molar-refractivity contribution in [3.05, 3.63) is 29.8 Å². The molecule has 0 amide bonds. The molecule has 0 saturated heterocycles. The van der Waals surface area contributed by atoms with Gasteiger partial charge in [-0.2, -0.15) is 0 Å². The van der Waals surface area contributed by atoms with Gasteiger partial charge in [0.25, 0.3) is 0 Å². The first-order valence-corrected chi connectivity index (χ1v) is 7.96. The zero-order valence-corrected chi connectivity index (χ0v) is 14.9. The maximum Gasteiger partial charge on any atom is -0.147 e. The Morgan fingerprint density at radius 2 is 1.56 bits per heavy atom. The Balaban J connectivity index is 0.00000289. The molecule has 0 saturated carbocycles. The number of hydrogen-bond donors (Lipinski definition) is 0. The third kappa shape index (κ3) is 7.44. The molecule has 0 unspecified atom stereocenters. The molecule has 0 N–H and O–H groups in total. The molecule has 103 valence electrons. The van der Waals surface area contributed by atoms with Crippen LogP contribution in [0.4, 0.5) is 0 Å². The van der Waals surface area contributed by atoms with Crippen molar-refractivity contribution in [2.45, 2.75) is 58.3 Å². The van der Waals surface area contributed by atoms with E-state index < -0.39 is 0 Å². The van der Waals surface area contributed by atoms with Crippen molar-refractivity contribution in [1.82, 2.24) is 0 Å². The van der Waals surface area contributed by atoms with Crippen molar-refractivity contribution in [3.63, 3.8) is 0 Å². The van der Waals surface area contributed by atoms with Crippen LogP contribution in [0.1, 0.15) is 57.4 Å². The Kier molecular flexibility index (Phi) is 12.1. The number of hydrogen-bond acceptors (Lipinski definition) is 1. The average Bonchev–Trinajstić information content (AvgIpc) is 2.38. The standard InChI is InChI=1S/C15H24O.ClH.W/c1-2-3-4-5-6-7-8-11-14-12-9-10-13-15(14)16;;/h9-10,12-13,16H,2-8,11H2,1H3;1H;/q;;+1/p-1. The van der Waals surface area contributed by atoms with Gasteiger partial charge >= 0.3 is 117 Å². The maximum absolute atomic E-state index is 5.44. The predicted molar refractivity (Wildman–Crippen MR) is 76.0 cm³/mol. The number of halogens is 1. The first kappa shape index (κ1) is 18.0. The van der Waals surface area contributed by atoms with Crippen LogP contribution >= 0.6 is 12.4 Å². The first-order chi connectivity index (χ1) is 8.38. The van der Waals surface area contributed by atoms with Crippen LogP contribution in [-0.4, -0.2) is 0 Å². The second kappa shape index (κ2) is 12.1. The summed E-state index contributed by atoms with van der Waals surface area (Å²) in [6.07, 6.45) is 10.8. The van der Waals surface area contributed by atoms with E-state index in [0.717, 1.165) is 12.2 Å². The van der Waals surface area contributed by atoms with E-state index in [1.807, 2.05) is 6.07 Å². The van der Waals surface area contributed by atoms with Crippen LogP contribution in [0.15, 0.2) is 24.3 Å². The fourth-order valence-electron chi connectivity index (χ4n) is 2.06. The summed E-state index contributed by atoms with van der Waals surface area (Å²) in [5.74, 6) is 1.08. The summed E-state index contributed by atoms with van der Waals surface area (Å²) in [6, 6.07) is 8.42. The average molecular weight is 440 g/mol. The molecule has 0 fully saturated rings. The van der Waals surface area contributed by atoms with E-state index in [1.54, 1.807) is 0 Å². The largest absolute Gasteiger partial charge is 0.147 e. The molecule has 18 heavy (non-hydrogen) atoms. The van der Waals surface area contributed by atoms with Crippen LogP contribution < -0.4 is 3.39 Å². The number of benzene rings is 1. The molecule has 0 atom stereocenters. The summed E-state index contributed by atoms with van der Waals surface area (Å²) in [6.45, 7) is 2.27. The van der Waals surface area contributed by atoms with Gasteiger partial charge in [0.15, 0.2) is 0 Å². The SMILES string of the molecule is CCCCCCCCCc1ccccc1[O][W].Cl. The van der Waals surface area contributed by atoms with E-state index in [0.29, 0.717) is 0 Å². The van der Waals surface area contributed by atoms with E-state index in [2.05, 4.69) is 25.1 Å². The Morgan fingerprint density at radius 1 is 0.944 bits per heavy atom. The summed E-state index contributed by atoms with van der Waals surface area (Å²) in [7, 11) is 0. The molecule has 0 heterocycles. The van der Waals surface area contributed by atoms with Gasteiger partial charge in [-0.1, -0.05) is 0 Å². The van der Waals surface area contributed by atoms with Crippen molar-refractivity contribution >= 4 is 12.4 Å². The Bertz CT molecular complexity index is 304. The number of aryl methyl sites for hydroxylation is 1. The van der Waals surface area contributed by atoms with Crippen LogP contribution in [-0.2, 0) is 26.6 Å². The molecule has 1 nitrogen and oxygen atoms in total. The van der Waals surface area contributed by atoms with Crippen molar-refractivity contribution < 1.29 is 23.6 Å². The van der Waals surface area contributed by atoms with Gasteiger partial charge in [0.1, 0.15) is 0 Å². The minimum absolute atomic E-state index is 0. The molecule has 0 aliphatic rings. The quantitative estimate of drug-likeness (QED) is 0.478. The second-order valence-electron chi connectivity index (χ2n) is 4.56. The van der Waals surface area contributed by atoms with Crippen LogP contribution in [0.5, 0.6) is 5.75 Å². The third-order valence-electron chi connectivity index (χ3n) is 3.11. The Morgan fingerprint density at radius 3 is 2.22 bits per heavy atom. The Labute approximate surface area is 129 Å². The van der Waals surface area contributed by atoms with Gasteiger partial charge in [0.05, 0.1) is 0 Å². The van der Waals surface area contributed by atoms with E-state index in [9.17, 15) is 0 Å². The summed E-state index contributed by atoms with van der Waals surface area (Å²) in [5.41, 5.74) is 1.37. The predicted octanol–water partition coefficient (Wildman–Crippen LogP) is 5.24. The normalized spacial score (nSPS) is 9.83. The van der Waals surface area contributed by atoms with Gasteiger partial charge in [-0.3, -0.25) is 0 Å². The molecular formula is C15H24ClOW. The summed E-state index contributed by atoms with van der Waals surface area (Å²) >= 11 is 1.17. The first-order valence-electron chi connectivity index (χ1n) is 6.76. The monoisotopic (exact) mass is 439 g/mol. The van der Waals surface area contributed by atoms with E-state index in [4.69, 9.17) is 3.39 Å². The van der Waals surface area contributed by atoms with Crippen molar-refractivity contribution in [3.8, 4) is 5.75 Å². The molecule has 1 aromatic carbocycles. The van der Waals surface area contributed by atoms with Gasteiger partial charge in [0, 0.05) is 0 Å².